The van der Waals surface area contributed by atoms with E-state index < -0.39 is 0 Å². The van der Waals surface area contributed by atoms with Gasteiger partial charge >= 0.3 is 0 Å². The number of aryl methyl sites for hydroxylation is 1. The van der Waals surface area contributed by atoms with Crippen LogP contribution in [0, 0.1) is 12.3 Å². The predicted molar refractivity (Wildman–Crippen MR) is 82.9 cm³/mol. The van der Waals surface area contributed by atoms with Crippen LogP contribution in [0.2, 0.25) is 0 Å². The van der Waals surface area contributed by atoms with Crippen molar-refractivity contribution in [2.45, 2.75) is 27.3 Å². The number of nitrogens with zero attached hydrogens (tertiary/aromatic N) is 1. The van der Waals surface area contributed by atoms with E-state index in [0.717, 1.165) is 19.6 Å². The molecule has 0 spiro atoms. The molecule has 1 aromatic carbocycles. The molecule has 2 nitrogen and oxygen atoms in total. The Bertz CT molecular complexity index is 386. The van der Waals surface area contributed by atoms with Gasteiger partial charge in [0.1, 0.15) is 0 Å². The highest BCUT2D eigenvalue weighted by Crippen LogP contribution is 2.18. The quantitative estimate of drug-likeness (QED) is 0.865. The van der Waals surface area contributed by atoms with Gasteiger partial charge in [0.2, 0.25) is 0 Å². The molecule has 0 amide bonds. The zero-order chi connectivity index (χ0) is 13.8. The first kappa shape index (κ1) is 15.7. The molecule has 0 aliphatic carbocycles. The lowest BCUT2D eigenvalue weighted by Crippen LogP contribution is -2.37. The van der Waals surface area contributed by atoms with Crippen molar-refractivity contribution < 1.29 is 0 Å². The Balaban J connectivity index is 2.43. The van der Waals surface area contributed by atoms with Gasteiger partial charge in [-0.1, -0.05) is 41.9 Å². The van der Waals surface area contributed by atoms with Crippen LogP contribution in [-0.4, -0.2) is 32.1 Å². The van der Waals surface area contributed by atoms with Crippen LogP contribution in [0.5, 0.6) is 0 Å². The summed E-state index contributed by atoms with van der Waals surface area (Å²) in [5.74, 6) is 0. The molecular formula is C15H25BrN2. The molecule has 0 saturated carbocycles. The van der Waals surface area contributed by atoms with Crippen molar-refractivity contribution in [3.63, 3.8) is 0 Å². The summed E-state index contributed by atoms with van der Waals surface area (Å²) in [5, 5.41) is 3.55. The number of hydrogen-bond donors (Lipinski definition) is 1. The Hall–Kier alpha value is -0.380. The van der Waals surface area contributed by atoms with Crippen molar-refractivity contribution in [3.8, 4) is 0 Å². The molecule has 1 N–H and O–H groups in total. The molecule has 0 aliphatic rings. The van der Waals surface area contributed by atoms with Crippen LogP contribution < -0.4 is 5.32 Å². The normalized spacial score (nSPS) is 12.2. The van der Waals surface area contributed by atoms with Crippen molar-refractivity contribution in [3.05, 3.63) is 33.8 Å². The van der Waals surface area contributed by atoms with Gasteiger partial charge in [-0.25, -0.2) is 0 Å². The third-order valence-electron chi connectivity index (χ3n) is 2.91. The van der Waals surface area contributed by atoms with Crippen LogP contribution in [0.3, 0.4) is 0 Å². The maximum atomic E-state index is 3.58. The number of benzene rings is 1. The van der Waals surface area contributed by atoms with Gasteiger partial charge in [-0.05, 0) is 43.6 Å². The van der Waals surface area contributed by atoms with Gasteiger partial charge in [-0.15, -0.1) is 0 Å². The minimum atomic E-state index is 0.297. The summed E-state index contributed by atoms with van der Waals surface area (Å²) in [6.07, 6.45) is 0. The SMILES string of the molecule is Cc1ccc(CNCC(C)(C)CN(C)C)cc1Br. The molecule has 1 rings (SSSR count). The van der Waals surface area contributed by atoms with Crippen LogP contribution in [0.1, 0.15) is 25.0 Å². The first-order valence-corrected chi connectivity index (χ1v) is 7.20. The summed E-state index contributed by atoms with van der Waals surface area (Å²) in [7, 11) is 4.25. The summed E-state index contributed by atoms with van der Waals surface area (Å²) in [6.45, 7) is 9.75. The Morgan fingerprint density at radius 3 is 2.50 bits per heavy atom. The van der Waals surface area contributed by atoms with E-state index in [1.165, 1.54) is 15.6 Å². The minimum Gasteiger partial charge on any atom is -0.312 e. The number of halogens is 1. The van der Waals surface area contributed by atoms with Crippen LogP contribution in [-0.2, 0) is 6.54 Å². The fourth-order valence-electron chi connectivity index (χ4n) is 2.20. The van der Waals surface area contributed by atoms with Crippen molar-refractivity contribution in [1.29, 1.82) is 0 Å². The number of rotatable bonds is 6. The molecule has 0 heterocycles. The summed E-state index contributed by atoms with van der Waals surface area (Å²) < 4.78 is 1.19. The monoisotopic (exact) mass is 312 g/mol. The van der Waals surface area contributed by atoms with E-state index in [4.69, 9.17) is 0 Å². The Labute approximate surface area is 120 Å². The summed E-state index contributed by atoms with van der Waals surface area (Å²) in [6, 6.07) is 6.54. The average molecular weight is 313 g/mol. The molecule has 0 aromatic heterocycles. The van der Waals surface area contributed by atoms with Gasteiger partial charge in [-0.3, -0.25) is 0 Å². The van der Waals surface area contributed by atoms with Crippen molar-refractivity contribution in [2.24, 2.45) is 5.41 Å². The molecule has 0 radical (unpaired) electrons. The van der Waals surface area contributed by atoms with Crippen LogP contribution in [0.25, 0.3) is 0 Å². The van der Waals surface area contributed by atoms with Gasteiger partial charge in [0.25, 0.3) is 0 Å². The lowest BCUT2D eigenvalue weighted by Gasteiger charge is -2.28. The molecule has 0 saturated heterocycles. The Morgan fingerprint density at radius 2 is 1.94 bits per heavy atom. The van der Waals surface area contributed by atoms with Gasteiger partial charge in [0.15, 0.2) is 0 Å². The highest BCUT2D eigenvalue weighted by molar-refractivity contribution is 9.10. The topological polar surface area (TPSA) is 15.3 Å². The molecule has 3 heteroatoms. The molecule has 0 unspecified atom stereocenters. The highest BCUT2D eigenvalue weighted by atomic mass is 79.9. The fraction of sp³-hybridized carbons (Fsp3) is 0.600. The smallest absolute Gasteiger partial charge is 0.0207 e. The molecule has 1 aromatic rings. The second kappa shape index (κ2) is 6.69. The van der Waals surface area contributed by atoms with Gasteiger partial charge in [0, 0.05) is 24.1 Å². The summed E-state index contributed by atoms with van der Waals surface area (Å²) >= 11 is 3.58. The van der Waals surface area contributed by atoms with Crippen molar-refractivity contribution >= 4 is 15.9 Å². The van der Waals surface area contributed by atoms with E-state index >= 15 is 0 Å². The fourth-order valence-corrected chi connectivity index (χ4v) is 2.63. The first-order valence-electron chi connectivity index (χ1n) is 6.41. The summed E-state index contributed by atoms with van der Waals surface area (Å²) in [4.78, 5) is 2.24. The molecular weight excluding hydrogens is 288 g/mol. The zero-order valence-corrected chi connectivity index (χ0v) is 13.8. The lowest BCUT2D eigenvalue weighted by molar-refractivity contribution is 0.232. The average Bonchev–Trinajstić information content (AvgIpc) is 2.21. The third-order valence-corrected chi connectivity index (χ3v) is 3.77. The van der Waals surface area contributed by atoms with Crippen molar-refractivity contribution in [2.75, 3.05) is 27.2 Å². The third kappa shape index (κ3) is 5.51. The molecule has 18 heavy (non-hydrogen) atoms. The number of hydrogen-bond acceptors (Lipinski definition) is 2. The maximum Gasteiger partial charge on any atom is 0.0207 e. The van der Waals surface area contributed by atoms with Crippen LogP contribution >= 0.6 is 15.9 Å². The maximum absolute atomic E-state index is 3.58. The first-order chi connectivity index (χ1) is 8.30. The lowest BCUT2D eigenvalue weighted by atomic mass is 9.93. The molecule has 0 bridgehead atoms. The van der Waals surface area contributed by atoms with E-state index in [0.29, 0.717) is 5.41 Å². The molecule has 0 fully saturated rings. The van der Waals surface area contributed by atoms with E-state index in [9.17, 15) is 0 Å². The van der Waals surface area contributed by atoms with E-state index in [-0.39, 0.29) is 0 Å². The van der Waals surface area contributed by atoms with E-state index in [1.807, 2.05) is 0 Å². The minimum absolute atomic E-state index is 0.297. The molecule has 0 atom stereocenters. The van der Waals surface area contributed by atoms with Crippen LogP contribution in [0.4, 0.5) is 0 Å². The largest absolute Gasteiger partial charge is 0.312 e. The van der Waals surface area contributed by atoms with Gasteiger partial charge < -0.3 is 10.2 Å². The van der Waals surface area contributed by atoms with Crippen molar-refractivity contribution in [1.82, 2.24) is 10.2 Å². The summed E-state index contributed by atoms with van der Waals surface area (Å²) in [5.41, 5.74) is 2.91. The predicted octanol–water partition coefficient (Wildman–Crippen LogP) is 3.43. The van der Waals surface area contributed by atoms with Crippen LogP contribution in [0.15, 0.2) is 22.7 Å². The second-order valence-electron chi connectivity index (χ2n) is 6.09. The highest BCUT2D eigenvalue weighted by Gasteiger charge is 2.18. The number of nitrogens with one attached hydrogen (secondary N) is 1. The van der Waals surface area contributed by atoms with E-state index in [1.54, 1.807) is 0 Å². The molecule has 0 aliphatic heterocycles. The Morgan fingerprint density at radius 1 is 1.28 bits per heavy atom. The molecule has 102 valence electrons. The van der Waals surface area contributed by atoms with Gasteiger partial charge in [-0.2, -0.15) is 0 Å². The zero-order valence-electron chi connectivity index (χ0n) is 12.2. The second-order valence-corrected chi connectivity index (χ2v) is 6.94. The van der Waals surface area contributed by atoms with Gasteiger partial charge in [0.05, 0.1) is 0 Å². The Kier molecular flexibility index (Phi) is 5.83. The standard InChI is InChI=1S/C15H25BrN2/c1-12-6-7-13(8-14(12)16)9-17-10-15(2,3)11-18(4)5/h6-8,17H,9-11H2,1-5H3. The van der Waals surface area contributed by atoms with E-state index in [2.05, 4.69) is 79.2 Å².